The molecule has 0 unspecified atom stereocenters. The summed E-state index contributed by atoms with van der Waals surface area (Å²) in [7, 11) is 3.38. The van der Waals surface area contributed by atoms with Gasteiger partial charge in [0, 0.05) is 35.9 Å². The lowest BCUT2D eigenvalue weighted by Gasteiger charge is -2.46. The van der Waals surface area contributed by atoms with Gasteiger partial charge in [0.05, 0.1) is 36.9 Å². The third-order valence-electron chi connectivity index (χ3n) is 9.93. The first-order valence-corrected chi connectivity index (χ1v) is 17.9. The van der Waals surface area contributed by atoms with E-state index in [9.17, 15) is 43.3 Å². The number of anilines is 1. The Balaban J connectivity index is 1.92. The molecule has 1 fully saturated rings. The Morgan fingerprint density at radius 2 is 1.77 bits per heavy atom. The van der Waals surface area contributed by atoms with Crippen molar-refractivity contribution >= 4 is 29.8 Å². The Labute approximate surface area is 309 Å². The fourth-order valence-electron chi connectivity index (χ4n) is 6.81. The van der Waals surface area contributed by atoms with Gasteiger partial charge in [0.15, 0.2) is 23.7 Å². The van der Waals surface area contributed by atoms with Gasteiger partial charge >= 0.3 is 12.1 Å². The van der Waals surface area contributed by atoms with E-state index in [0.29, 0.717) is 11.9 Å². The van der Waals surface area contributed by atoms with Crippen molar-refractivity contribution in [2.45, 2.75) is 109 Å². The minimum atomic E-state index is -1.37. The molecule has 296 valence electrons. The molecule has 13 nitrogen and oxygen atoms in total. The zero-order chi connectivity index (χ0) is 39.6. The quantitative estimate of drug-likeness (QED) is 0.211. The second-order valence-corrected chi connectivity index (χ2v) is 14.3. The maximum absolute atomic E-state index is 13.7. The molecule has 2 heterocycles. The molecule has 0 aromatic heterocycles. The first kappa shape index (κ1) is 43.8. The van der Waals surface area contributed by atoms with Gasteiger partial charge in [0.25, 0.3) is 0 Å². The van der Waals surface area contributed by atoms with Crippen LogP contribution in [0.4, 0.5) is 19.3 Å². The number of halogens is 2. The monoisotopic (exact) mass is 752 g/mol. The summed E-state index contributed by atoms with van der Waals surface area (Å²) in [5.74, 6) is -6.12. The fourth-order valence-corrected chi connectivity index (χ4v) is 6.81. The molecule has 3 rings (SSSR count). The number of likely N-dealkylation sites (N-methyl/N-ethyl adjacent to an activating group) is 1. The van der Waals surface area contributed by atoms with E-state index in [1.165, 1.54) is 6.08 Å². The van der Waals surface area contributed by atoms with E-state index in [4.69, 9.17) is 18.9 Å². The molecule has 4 N–H and O–H groups in total. The number of aliphatic hydroxyl groups excluding tert-OH is 3. The number of carbonyl (C=O) groups excluding carboxylic acids is 4. The van der Waals surface area contributed by atoms with Gasteiger partial charge in [0.2, 0.25) is 0 Å². The van der Waals surface area contributed by atoms with Crippen LogP contribution < -0.4 is 5.32 Å². The smallest absolute Gasteiger partial charge is 0.411 e. The molecule has 0 aliphatic carbocycles. The molecule has 1 aromatic carbocycles. The van der Waals surface area contributed by atoms with Gasteiger partial charge in [-0.1, -0.05) is 38.5 Å². The first-order valence-electron chi connectivity index (χ1n) is 17.9. The number of ether oxygens (including phenoxy) is 4. The molecule has 15 heteroatoms. The lowest BCUT2D eigenvalue weighted by molar-refractivity contribution is -0.304. The van der Waals surface area contributed by atoms with Gasteiger partial charge in [-0.15, -0.1) is 0 Å². The number of hydrogen-bond donors (Lipinski definition) is 4. The highest BCUT2D eigenvalue weighted by atomic mass is 19.2. The Morgan fingerprint density at radius 3 is 2.40 bits per heavy atom. The molecule has 0 saturated carbocycles. The molecule has 0 radical (unpaired) electrons. The lowest BCUT2D eigenvalue weighted by atomic mass is 9.79. The number of hydrogen-bond acceptors (Lipinski definition) is 12. The number of benzene rings is 1. The Hall–Kier alpha value is -3.60. The number of nitrogens with zero attached hydrogens (tertiary/aromatic N) is 1. The minimum Gasteiger partial charge on any atom is -0.462 e. The SMILES string of the molecule is CC[C@H]1OC(=O)C[C@@H](O)[C@H](C)[C@@H](O[C@@H]2O[C@H](C)[C@@H](O)[C@H](N(C)C)[C@H]2O)[C@@H](CC=O)C[C@@H](C)C(=O)/C=C/C(C)=C/[C@@H]1COC(=O)Nc1ccc(F)c(F)c1. The summed E-state index contributed by atoms with van der Waals surface area (Å²) in [6, 6.07) is 2.04. The molecule has 0 spiro atoms. The summed E-state index contributed by atoms with van der Waals surface area (Å²) in [6.07, 6.45) is -3.42. The summed E-state index contributed by atoms with van der Waals surface area (Å²) in [5, 5.41) is 35.7. The van der Waals surface area contributed by atoms with Crippen molar-refractivity contribution in [1.29, 1.82) is 0 Å². The van der Waals surface area contributed by atoms with Crippen LogP contribution in [0.25, 0.3) is 0 Å². The summed E-state index contributed by atoms with van der Waals surface area (Å²) in [6.45, 7) is 8.10. The molecule has 2 aliphatic heterocycles. The van der Waals surface area contributed by atoms with Crippen LogP contribution in [0.15, 0.2) is 42.0 Å². The molecule has 2 aliphatic rings. The number of cyclic esters (lactones) is 1. The summed E-state index contributed by atoms with van der Waals surface area (Å²) in [5.41, 5.74) is 0.541. The number of allylic oxidation sites excluding steroid dienone is 3. The highest BCUT2D eigenvalue weighted by Gasteiger charge is 2.47. The third kappa shape index (κ3) is 12.2. The maximum atomic E-state index is 13.7. The maximum Gasteiger partial charge on any atom is 0.411 e. The van der Waals surface area contributed by atoms with Crippen LogP contribution in [0, 0.1) is 35.3 Å². The van der Waals surface area contributed by atoms with Crippen LogP contribution in [0.3, 0.4) is 0 Å². The number of aldehydes is 1. The van der Waals surface area contributed by atoms with Gasteiger partial charge in [-0.25, -0.2) is 13.6 Å². The van der Waals surface area contributed by atoms with Crippen molar-refractivity contribution < 1.29 is 62.2 Å². The van der Waals surface area contributed by atoms with E-state index in [1.807, 2.05) is 0 Å². The van der Waals surface area contributed by atoms with E-state index in [-0.39, 0.29) is 37.3 Å². The zero-order valence-corrected chi connectivity index (χ0v) is 31.3. The highest BCUT2D eigenvalue weighted by molar-refractivity contribution is 5.91. The normalized spacial score (nSPS) is 35.2. The van der Waals surface area contributed by atoms with Crippen LogP contribution in [0.2, 0.25) is 0 Å². The molecule has 53 heavy (non-hydrogen) atoms. The predicted octanol–water partition coefficient (Wildman–Crippen LogP) is 3.94. The topological polar surface area (TPSA) is 181 Å². The van der Waals surface area contributed by atoms with Gasteiger partial charge in [-0.3, -0.25) is 14.9 Å². The van der Waals surface area contributed by atoms with E-state index >= 15 is 0 Å². The number of carbonyl (C=O) groups is 4. The van der Waals surface area contributed by atoms with Crippen molar-refractivity contribution in [3.8, 4) is 0 Å². The van der Waals surface area contributed by atoms with Gasteiger partial charge < -0.3 is 44.0 Å². The van der Waals surface area contributed by atoms with Crippen LogP contribution in [0.5, 0.6) is 0 Å². The average molecular weight is 753 g/mol. The Kier molecular flexibility index (Phi) is 16.7. The minimum absolute atomic E-state index is 0.0393. The van der Waals surface area contributed by atoms with Crippen LogP contribution >= 0.6 is 0 Å². The van der Waals surface area contributed by atoms with Crippen molar-refractivity contribution in [1.82, 2.24) is 4.90 Å². The molecular weight excluding hydrogens is 698 g/mol. The molecule has 1 saturated heterocycles. The second kappa shape index (κ2) is 20.2. The van der Waals surface area contributed by atoms with Crippen LogP contribution in [-0.4, -0.2) is 114 Å². The molecule has 1 amide bonds. The lowest BCUT2D eigenvalue weighted by Crippen LogP contribution is -2.63. The molecule has 1 aromatic rings. The van der Waals surface area contributed by atoms with Crippen LogP contribution in [-0.2, 0) is 33.3 Å². The number of aliphatic hydroxyl groups is 3. The van der Waals surface area contributed by atoms with Crippen molar-refractivity contribution in [2.24, 2.45) is 23.7 Å². The van der Waals surface area contributed by atoms with E-state index < -0.39 is 103 Å². The number of amides is 1. The van der Waals surface area contributed by atoms with Crippen molar-refractivity contribution in [3.05, 3.63) is 53.6 Å². The Morgan fingerprint density at radius 1 is 1.08 bits per heavy atom. The van der Waals surface area contributed by atoms with Gasteiger partial charge in [-0.2, -0.15) is 0 Å². The van der Waals surface area contributed by atoms with Gasteiger partial charge in [-0.05, 0) is 64.9 Å². The fraction of sp³-hybridized carbons (Fsp3) is 0.632. The molecular formula is C38H54F2N2O11. The van der Waals surface area contributed by atoms with E-state index in [2.05, 4.69) is 5.32 Å². The third-order valence-corrected chi connectivity index (χ3v) is 9.93. The van der Waals surface area contributed by atoms with Crippen molar-refractivity contribution in [2.75, 3.05) is 26.0 Å². The molecule has 12 atom stereocenters. The van der Waals surface area contributed by atoms with Crippen molar-refractivity contribution in [3.63, 3.8) is 0 Å². The number of rotatable bonds is 9. The predicted molar refractivity (Wildman–Crippen MR) is 189 cm³/mol. The number of nitrogens with one attached hydrogen (secondary N) is 1. The molecule has 0 bridgehead atoms. The number of esters is 1. The highest BCUT2D eigenvalue weighted by Crippen LogP contribution is 2.34. The van der Waals surface area contributed by atoms with Crippen LogP contribution in [0.1, 0.15) is 60.3 Å². The first-order chi connectivity index (χ1) is 25.0. The summed E-state index contributed by atoms with van der Waals surface area (Å²) < 4.78 is 50.4. The number of ketones is 1. The Bertz CT molecular complexity index is 1470. The largest absolute Gasteiger partial charge is 0.462 e. The van der Waals surface area contributed by atoms with E-state index in [1.54, 1.807) is 65.8 Å². The standard InChI is InChI=1S/C38H54F2N2O11/c1-8-31-25(19-50-38(49)41-26-10-11-27(39)28(40)17-26)15-20(2)9-12-29(44)21(3)16-24(13-14-43)36(22(4)30(45)18-32(46)52-31)53-37-35(48)33(42(6)7)34(47)23(5)51-37/h9-12,14-15,17,21-25,30-31,33-37,45,47-48H,8,13,16,18-19H2,1-7H3,(H,41,49)/b12-9+,20-15+/t21-,22+,23-,24+,25-,30-,31-,33+,34-,35-,36-,37+/m1/s1. The van der Waals surface area contributed by atoms with E-state index in [0.717, 1.165) is 18.2 Å². The summed E-state index contributed by atoms with van der Waals surface area (Å²) >= 11 is 0. The second-order valence-electron chi connectivity index (χ2n) is 14.3. The summed E-state index contributed by atoms with van der Waals surface area (Å²) in [4.78, 5) is 53.0. The zero-order valence-electron chi connectivity index (χ0n) is 31.3. The average Bonchev–Trinajstić information content (AvgIpc) is 3.09. The van der Waals surface area contributed by atoms with Gasteiger partial charge in [0.1, 0.15) is 25.1 Å².